The van der Waals surface area contributed by atoms with Gasteiger partial charge in [0.15, 0.2) is 15.4 Å². The molecule has 26 heavy (non-hydrogen) atoms. The fourth-order valence-electron chi connectivity index (χ4n) is 3.57. The lowest BCUT2D eigenvalue weighted by atomic mass is 9.94. The Kier molecular flexibility index (Phi) is 5.14. The average Bonchev–Trinajstić information content (AvgIpc) is 2.98. The summed E-state index contributed by atoms with van der Waals surface area (Å²) in [5.41, 5.74) is 0.521. The number of hydrogen-bond donors (Lipinski definition) is 0. The highest BCUT2D eigenvalue weighted by Crippen LogP contribution is 2.38. The van der Waals surface area contributed by atoms with Crippen LogP contribution >= 0.6 is 11.6 Å². The molecule has 0 atom stereocenters. The maximum atomic E-state index is 13.4. The van der Waals surface area contributed by atoms with E-state index < -0.39 is 15.1 Å². The number of sulfone groups is 1. The number of rotatable bonds is 3. The van der Waals surface area contributed by atoms with E-state index in [0.717, 1.165) is 12.8 Å². The first kappa shape index (κ1) is 19.6. The van der Waals surface area contributed by atoms with Gasteiger partial charge in [0.25, 0.3) is 0 Å². The Morgan fingerprint density at radius 2 is 1.77 bits per heavy atom. The van der Waals surface area contributed by atoms with Crippen molar-refractivity contribution in [2.45, 2.75) is 68.1 Å². The quantitative estimate of drug-likeness (QED) is 0.765. The molecule has 1 saturated carbocycles. The molecule has 0 bridgehead atoms. The SMILES string of the molecule is CN(C)C1CCC(S(=O)(=O)c2c(Cl)ccc3nc(C(C)(C)C)oc23)CC1. The van der Waals surface area contributed by atoms with Crippen molar-refractivity contribution in [3.63, 3.8) is 0 Å². The van der Waals surface area contributed by atoms with Gasteiger partial charge >= 0.3 is 0 Å². The van der Waals surface area contributed by atoms with Crippen molar-refractivity contribution >= 4 is 32.5 Å². The number of benzene rings is 1. The second-order valence-corrected chi connectivity index (χ2v) is 11.0. The summed E-state index contributed by atoms with van der Waals surface area (Å²) in [4.78, 5) is 6.76. The minimum absolute atomic E-state index is 0.105. The fraction of sp³-hybridized carbons (Fsp3) is 0.632. The third-order valence-electron chi connectivity index (χ3n) is 5.20. The van der Waals surface area contributed by atoms with Gasteiger partial charge < -0.3 is 9.32 Å². The van der Waals surface area contributed by atoms with Gasteiger partial charge in [-0.05, 0) is 51.9 Å². The van der Waals surface area contributed by atoms with Gasteiger partial charge in [-0.3, -0.25) is 0 Å². The molecule has 1 heterocycles. The van der Waals surface area contributed by atoms with E-state index in [2.05, 4.69) is 9.88 Å². The highest BCUT2D eigenvalue weighted by atomic mass is 35.5. The zero-order valence-corrected chi connectivity index (χ0v) is 17.6. The lowest BCUT2D eigenvalue weighted by molar-refractivity contribution is 0.230. The first-order chi connectivity index (χ1) is 12.0. The highest BCUT2D eigenvalue weighted by Gasteiger charge is 2.36. The molecular weight excluding hydrogens is 372 g/mol. The van der Waals surface area contributed by atoms with Crippen molar-refractivity contribution in [2.75, 3.05) is 14.1 Å². The van der Waals surface area contributed by atoms with Gasteiger partial charge in [-0.25, -0.2) is 13.4 Å². The molecule has 1 aromatic heterocycles. The molecule has 2 aromatic rings. The predicted molar refractivity (Wildman–Crippen MR) is 105 cm³/mol. The van der Waals surface area contributed by atoms with Gasteiger partial charge in [-0.2, -0.15) is 0 Å². The van der Waals surface area contributed by atoms with E-state index in [9.17, 15) is 8.42 Å². The zero-order chi connectivity index (χ0) is 19.3. The molecule has 1 fully saturated rings. The van der Waals surface area contributed by atoms with Crippen LogP contribution in [0.15, 0.2) is 21.4 Å². The Balaban J connectivity index is 2.03. The highest BCUT2D eigenvalue weighted by molar-refractivity contribution is 7.92. The zero-order valence-electron chi connectivity index (χ0n) is 16.0. The summed E-state index contributed by atoms with van der Waals surface area (Å²) >= 11 is 6.33. The van der Waals surface area contributed by atoms with Crippen LogP contribution in [0, 0.1) is 0 Å². The number of halogens is 1. The first-order valence-corrected chi connectivity index (χ1v) is 10.9. The topological polar surface area (TPSA) is 63.4 Å². The second-order valence-electron chi connectivity index (χ2n) is 8.43. The van der Waals surface area contributed by atoms with E-state index in [1.54, 1.807) is 12.1 Å². The number of nitrogens with zero attached hydrogens (tertiary/aromatic N) is 2. The van der Waals surface area contributed by atoms with Crippen molar-refractivity contribution in [3.8, 4) is 0 Å². The minimum Gasteiger partial charge on any atom is -0.439 e. The Labute approximate surface area is 160 Å². The Bertz CT molecular complexity index is 905. The van der Waals surface area contributed by atoms with Gasteiger partial charge in [0, 0.05) is 11.5 Å². The normalized spacial score (nSPS) is 22.3. The van der Waals surface area contributed by atoms with Gasteiger partial charge in [-0.15, -0.1) is 0 Å². The van der Waals surface area contributed by atoms with Gasteiger partial charge in [0.1, 0.15) is 10.4 Å². The smallest absolute Gasteiger partial charge is 0.200 e. The van der Waals surface area contributed by atoms with Crippen LogP contribution in [-0.4, -0.2) is 43.7 Å². The summed E-state index contributed by atoms with van der Waals surface area (Å²) in [6.07, 6.45) is 3.01. The lowest BCUT2D eigenvalue weighted by Gasteiger charge is -2.32. The van der Waals surface area contributed by atoms with Gasteiger partial charge in [-0.1, -0.05) is 32.4 Å². The van der Waals surface area contributed by atoms with Crippen LogP contribution in [0.4, 0.5) is 0 Å². The van der Waals surface area contributed by atoms with Gasteiger partial charge in [0.2, 0.25) is 5.89 Å². The molecule has 0 N–H and O–H groups in total. The maximum Gasteiger partial charge on any atom is 0.200 e. The Morgan fingerprint density at radius 1 is 1.15 bits per heavy atom. The fourth-order valence-corrected chi connectivity index (χ4v) is 6.01. The van der Waals surface area contributed by atoms with Crippen LogP contribution in [0.2, 0.25) is 5.02 Å². The summed E-state index contributed by atoms with van der Waals surface area (Å²) in [7, 11) is 0.498. The van der Waals surface area contributed by atoms with E-state index in [0.29, 0.717) is 30.3 Å². The summed E-state index contributed by atoms with van der Waals surface area (Å²) in [5, 5.41) is -0.214. The molecule has 3 rings (SSSR count). The Morgan fingerprint density at radius 3 is 2.31 bits per heavy atom. The molecule has 144 valence electrons. The molecule has 0 amide bonds. The number of aromatic nitrogens is 1. The molecule has 7 heteroatoms. The van der Waals surface area contributed by atoms with E-state index in [4.69, 9.17) is 16.0 Å². The van der Waals surface area contributed by atoms with E-state index >= 15 is 0 Å². The maximum absolute atomic E-state index is 13.4. The van der Waals surface area contributed by atoms with Gasteiger partial charge in [0.05, 0.1) is 10.3 Å². The molecule has 0 spiro atoms. The first-order valence-electron chi connectivity index (χ1n) is 9.01. The molecular formula is C19H27ClN2O3S. The predicted octanol–water partition coefficient (Wildman–Crippen LogP) is 4.43. The number of hydrogen-bond acceptors (Lipinski definition) is 5. The summed E-state index contributed by atoms with van der Waals surface area (Å²) in [6, 6.07) is 3.76. The summed E-state index contributed by atoms with van der Waals surface area (Å²) < 4.78 is 32.6. The van der Waals surface area contributed by atoms with E-state index in [-0.39, 0.29) is 20.9 Å². The standard InChI is InChI=1S/C19H27ClN2O3S/c1-19(2,3)18-21-15-11-10-14(20)17(16(15)25-18)26(23,24)13-8-6-12(7-9-13)22(4)5/h10-13H,6-9H2,1-5H3. The van der Waals surface area contributed by atoms with Crippen LogP contribution < -0.4 is 0 Å². The van der Waals surface area contributed by atoms with Crippen molar-refractivity contribution in [1.82, 2.24) is 9.88 Å². The Hall–Kier alpha value is -1.11. The van der Waals surface area contributed by atoms with Crippen LogP contribution in [0.1, 0.15) is 52.3 Å². The van der Waals surface area contributed by atoms with Crippen molar-refractivity contribution < 1.29 is 12.8 Å². The molecule has 1 aliphatic rings. The van der Waals surface area contributed by atoms with Crippen LogP contribution in [0.5, 0.6) is 0 Å². The second kappa shape index (κ2) is 6.80. The number of fused-ring (bicyclic) bond motifs is 1. The molecule has 5 nitrogen and oxygen atoms in total. The molecule has 1 aliphatic carbocycles. The monoisotopic (exact) mass is 398 g/mol. The molecule has 1 aromatic carbocycles. The molecule has 0 unspecified atom stereocenters. The van der Waals surface area contributed by atoms with Crippen molar-refractivity contribution in [3.05, 3.63) is 23.0 Å². The minimum atomic E-state index is -3.58. The summed E-state index contributed by atoms with van der Waals surface area (Å²) in [5.74, 6) is 0.516. The summed E-state index contributed by atoms with van der Waals surface area (Å²) in [6.45, 7) is 5.95. The van der Waals surface area contributed by atoms with Crippen molar-refractivity contribution in [1.29, 1.82) is 0 Å². The molecule has 0 aliphatic heterocycles. The molecule has 0 radical (unpaired) electrons. The van der Waals surface area contributed by atoms with E-state index in [1.807, 2.05) is 34.9 Å². The van der Waals surface area contributed by atoms with Crippen molar-refractivity contribution in [2.24, 2.45) is 0 Å². The lowest BCUT2D eigenvalue weighted by Crippen LogP contribution is -2.36. The largest absolute Gasteiger partial charge is 0.439 e. The third-order valence-corrected chi connectivity index (χ3v) is 7.95. The van der Waals surface area contributed by atoms with Crippen LogP contribution in [0.3, 0.4) is 0 Å². The van der Waals surface area contributed by atoms with E-state index in [1.165, 1.54) is 0 Å². The third kappa shape index (κ3) is 3.51. The van der Waals surface area contributed by atoms with Crippen LogP contribution in [-0.2, 0) is 15.3 Å². The molecule has 0 saturated heterocycles. The average molecular weight is 399 g/mol. The van der Waals surface area contributed by atoms with Crippen LogP contribution in [0.25, 0.3) is 11.1 Å². The number of oxazole rings is 1.